The number of pyridine rings is 1. The second-order valence-electron chi connectivity index (χ2n) is 9.04. The summed E-state index contributed by atoms with van der Waals surface area (Å²) in [5.41, 5.74) is 8.91. The number of benzene rings is 2. The average molecular weight is 563 g/mol. The summed E-state index contributed by atoms with van der Waals surface area (Å²) in [6, 6.07) is 16.3. The molecule has 0 radical (unpaired) electrons. The third kappa shape index (κ3) is 6.09. The molecule has 3 heterocycles. The fourth-order valence-corrected chi connectivity index (χ4v) is 5.32. The van der Waals surface area contributed by atoms with E-state index in [1.807, 2.05) is 6.07 Å². The monoisotopic (exact) mass is 562 g/mol. The van der Waals surface area contributed by atoms with Crippen molar-refractivity contribution in [3.63, 3.8) is 0 Å². The molecular formula is C28H27FN6O4S. The van der Waals surface area contributed by atoms with Crippen LogP contribution in [0.3, 0.4) is 0 Å². The molecule has 5 aromatic rings. The molecular weight excluding hydrogens is 535 g/mol. The third-order valence-electron chi connectivity index (χ3n) is 6.28. The van der Waals surface area contributed by atoms with Gasteiger partial charge in [-0.15, -0.1) is 0 Å². The van der Waals surface area contributed by atoms with Gasteiger partial charge in [-0.1, -0.05) is 18.2 Å². The van der Waals surface area contributed by atoms with Crippen LogP contribution in [-0.2, 0) is 27.9 Å². The van der Waals surface area contributed by atoms with Crippen LogP contribution in [-0.4, -0.2) is 41.9 Å². The van der Waals surface area contributed by atoms with Gasteiger partial charge in [0.25, 0.3) is 0 Å². The lowest BCUT2D eigenvalue weighted by atomic mass is 10.1. The van der Waals surface area contributed by atoms with Gasteiger partial charge < -0.3 is 20.0 Å². The Morgan fingerprint density at radius 3 is 2.52 bits per heavy atom. The summed E-state index contributed by atoms with van der Waals surface area (Å²) in [6.07, 6.45) is 5.17. The van der Waals surface area contributed by atoms with Crippen LogP contribution in [0.15, 0.2) is 88.6 Å². The number of oxazole rings is 1. The standard InChI is InChI=1S/C28H27FN6O4S/c29-22-5-9-25-21(14-22)15-26(28-31-12-13-39-28)35(25)18-27(36)33-17-23-6-2-20(16-32-23)19-3-7-24(8-4-19)40(37,38)34-11-1-10-30/h2-9,12-16,34H,1,10-11,17-18,30H2,(H,33,36). The smallest absolute Gasteiger partial charge is 0.243 e. The van der Waals surface area contributed by atoms with Crippen LogP contribution in [0.5, 0.6) is 0 Å². The van der Waals surface area contributed by atoms with E-state index in [1.165, 1.54) is 24.6 Å². The van der Waals surface area contributed by atoms with Crippen molar-refractivity contribution in [3.8, 4) is 22.7 Å². The minimum absolute atomic E-state index is 0.0265. The van der Waals surface area contributed by atoms with Crippen molar-refractivity contribution >= 4 is 26.8 Å². The number of carbonyl (C=O) groups excluding carboxylic acids is 1. The van der Waals surface area contributed by atoms with E-state index in [1.54, 1.807) is 53.2 Å². The molecule has 0 saturated carbocycles. The van der Waals surface area contributed by atoms with Crippen molar-refractivity contribution in [2.24, 2.45) is 5.73 Å². The van der Waals surface area contributed by atoms with E-state index >= 15 is 0 Å². The Morgan fingerprint density at radius 2 is 1.82 bits per heavy atom. The second kappa shape index (κ2) is 11.8. The van der Waals surface area contributed by atoms with Gasteiger partial charge in [0.15, 0.2) is 0 Å². The molecule has 4 N–H and O–H groups in total. The molecule has 10 nitrogen and oxygen atoms in total. The molecule has 3 aromatic heterocycles. The first-order valence-corrected chi connectivity index (χ1v) is 14.0. The van der Waals surface area contributed by atoms with E-state index in [-0.39, 0.29) is 36.3 Å². The molecule has 0 unspecified atom stereocenters. The largest absolute Gasteiger partial charge is 0.443 e. The second-order valence-corrected chi connectivity index (χ2v) is 10.8. The van der Waals surface area contributed by atoms with E-state index in [4.69, 9.17) is 10.2 Å². The van der Waals surface area contributed by atoms with E-state index < -0.39 is 10.0 Å². The molecule has 5 rings (SSSR count). The predicted molar refractivity (Wildman–Crippen MR) is 148 cm³/mol. The summed E-state index contributed by atoms with van der Waals surface area (Å²) in [5, 5.41) is 3.49. The highest BCUT2D eigenvalue weighted by atomic mass is 32.2. The lowest BCUT2D eigenvalue weighted by molar-refractivity contribution is -0.121. The van der Waals surface area contributed by atoms with Crippen molar-refractivity contribution in [2.45, 2.75) is 24.4 Å². The van der Waals surface area contributed by atoms with Crippen LogP contribution in [0.25, 0.3) is 33.6 Å². The molecule has 0 spiro atoms. The van der Waals surface area contributed by atoms with E-state index in [9.17, 15) is 17.6 Å². The summed E-state index contributed by atoms with van der Waals surface area (Å²) >= 11 is 0. The normalized spacial score (nSPS) is 11.7. The number of nitrogens with zero attached hydrogens (tertiary/aromatic N) is 3. The molecule has 0 bridgehead atoms. The summed E-state index contributed by atoms with van der Waals surface area (Å²) in [4.78, 5) is 21.6. The Balaban J connectivity index is 1.23. The number of carbonyl (C=O) groups is 1. The quantitative estimate of drug-likeness (QED) is 0.209. The Hall–Kier alpha value is -4.39. The van der Waals surface area contributed by atoms with Crippen LogP contribution in [0.1, 0.15) is 12.1 Å². The Kier molecular flexibility index (Phi) is 8.01. The maximum atomic E-state index is 13.8. The summed E-state index contributed by atoms with van der Waals surface area (Å²) < 4.78 is 48.2. The lowest BCUT2D eigenvalue weighted by Gasteiger charge is -2.10. The van der Waals surface area contributed by atoms with E-state index in [2.05, 4.69) is 20.0 Å². The van der Waals surface area contributed by atoms with Gasteiger partial charge in [-0.2, -0.15) is 0 Å². The number of nitrogens with two attached hydrogens (primary N) is 1. The molecule has 40 heavy (non-hydrogen) atoms. The first-order chi connectivity index (χ1) is 19.3. The van der Waals surface area contributed by atoms with E-state index in [0.29, 0.717) is 41.1 Å². The van der Waals surface area contributed by atoms with Gasteiger partial charge in [-0.05, 0) is 61.0 Å². The highest BCUT2D eigenvalue weighted by molar-refractivity contribution is 7.89. The van der Waals surface area contributed by atoms with Crippen molar-refractivity contribution in [1.82, 2.24) is 24.6 Å². The Morgan fingerprint density at radius 1 is 1.02 bits per heavy atom. The zero-order valence-electron chi connectivity index (χ0n) is 21.4. The van der Waals surface area contributed by atoms with Gasteiger partial charge in [0.1, 0.15) is 24.3 Å². The molecule has 0 fully saturated rings. The maximum Gasteiger partial charge on any atom is 0.243 e. The van der Waals surface area contributed by atoms with Crippen LogP contribution >= 0.6 is 0 Å². The fourth-order valence-electron chi connectivity index (χ4n) is 4.25. The number of rotatable bonds is 11. The zero-order valence-corrected chi connectivity index (χ0v) is 22.2. The van der Waals surface area contributed by atoms with Crippen LogP contribution in [0.2, 0.25) is 0 Å². The molecule has 0 aliphatic carbocycles. The van der Waals surface area contributed by atoms with Gasteiger partial charge in [-0.3, -0.25) is 9.78 Å². The number of nitrogens with one attached hydrogen (secondary N) is 2. The molecule has 0 saturated heterocycles. The SMILES string of the molecule is NCCCNS(=O)(=O)c1ccc(-c2ccc(CNC(=O)Cn3c(-c4ncco4)cc4cc(F)ccc43)nc2)cc1. The average Bonchev–Trinajstić information content (AvgIpc) is 3.61. The van der Waals surface area contributed by atoms with Crippen molar-refractivity contribution in [3.05, 3.63) is 90.8 Å². The number of sulfonamides is 1. The van der Waals surface area contributed by atoms with Crippen LogP contribution < -0.4 is 15.8 Å². The lowest BCUT2D eigenvalue weighted by Crippen LogP contribution is -2.27. The number of hydrogen-bond acceptors (Lipinski definition) is 7. The number of hydrogen-bond donors (Lipinski definition) is 3. The molecule has 2 aromatic carbocycles. The van der Waals surface area contributed by atoms with E-state index in [0.717, 1.165) is 11.1 Å². The third-order valence-corrected chi connectivity index (χ3v) is 7.76. The van der Waals surface area contributed by atoms with Crippen LogP contribution in [0, 0.1) is 5.82 Å². The number of halogens is 1. The molecule has 1 amide bonds. The Bertz CT molecular complexity index is 1720. The van der Waals surface area contributed by atoms with Crippen LogP contribution in [0.4, 0.5) is 4.39 Å². The molecule has 0 aliphatic rings. The highest BCUT2D eigenvalue weighted by Gasteiger charge is 2.17. The Labute approximate surface area is 230 Å². The summed E-state index contributed by atoms with van der Waals surface area (Å²) in [5.74, 6) is -0.314. The molecule has 0 atom stereocenters. The zero-order chi connectivity index (χ0) is 28.1. The molecule has 12 heteroatoms. The fraction of sp³-hybridized carbons (Fsp3) is 0.179. The topological polar surface area (TPSA) is 145 Å². The minimum atomic E-state index is -3.59. The number of fused-ring (bicyclic) bond motifs is 1. The van der Waals surface area contributed by atoms with Gasteiger partial charge >= 0.3 is 0 Å². The molecule has 206 valence electrons. The first-order valence-electron chi connectivity index (χ1n) is 12.5. The van der Waals surface area contributed by atoms with Crippen molar-refractivity contribution < 1.29 is 22.0 Å². The minimum Gasteiger partial charge on any atom is -0.443 e. The van der Waals surface area contributed by atoms with Gasteiger partial charge in [-0.25, -0.2) is 22.5 Å². The van der Waals surface area contributed by atoms with Gasteiger partial charge in [0.2, 0.25) is 21.8 Å². The first kappa shape index (κ1) is 27.2. The van der Waals surface area contributed by atoms with Crippen molar-refractivity contribution in [2.75, 3.05) is 13.1 Å². The highest BCUT2D eigenvalue weighted by Crippen LogP contribution is 2.28. The summed E-state index contributed by atoms with van der Waals surface area (Å²) in [7, 11) is -3.59. The number of amides is 1. The van der Waals surface area contributed by atoms with Gasteiger partial charge in [0, 0.05) is 29.2 Å². The molecule has 0 aliphatic heterocycles. The number of aromatic nitrogens is 3. The van der Waals surface area contributed by atoms with Gasteiger partial charge in [0.05, 0.1) is 23.3 Å². The summed E-state index contributed by atoms with van der Waals surface area (Å²) in [6.45, 7) is 0.867. The van der Waals surface area contributed by atoms with Crippen molar-refractivity contribution in [1.29, 1.82) is 0 Å². The predicted octanol–water partition coefficient (Wildman–Crippen LogP) is 3.44. The maximum absolute atomic E-state index is 13.8.